The highest BCUT2D eigenvalue weighted by molar-refractivity contribution is 7.91. The summed E-state index contributed by atoms with van der Waals surface area (Å²) in [6.07, 6.45) is 0.358. The summed E-state index contributed by atoms with van der Waals surface area (Å²) in [6.45, 7) is 3.98. The minimum absolute atomic E-state index is 0.0345. The Hall–Kier alpha value is -2.82. The molecular weight excluding hydrogens is 426 g/mol. The minimum Gasteiger partial charge on any atom is -0.486 e. The second-order valence-corrected chi connectivity index (χ2v) is 10.3. The number of fused-ring (bicyclic) bond motifs is 1. The Balaban J connectivity index is 1.52. The largest absolute Gasteiger partial charge is 0.486 e. The van der Waals surface area contributed by atoms with Crippen molar-refractivity contribution in [2.75, 3.05) is 37.8 Å². The highest BCUT2D eigenvalue weighted by atomic mass is 32.2. The predicted octanol–water partition coefficient (Wildman–Crippen LogP) is 0.260. The Morgan fingerprint density at radius 1 is 1.26 bits per heavy atom. The van der Waals surface area contributed by atoms with Crippen LogP contribution in [0.4, 0.5) is 4.79 Å². The molecule has 0 unspecified atom stereocenters. The maximum Gasteiger partial charge on any atom is 0.325 e. The number of hydrogen-bond acceptors (Lipinski definition) is 7. The zero-order chi connectivity index (χ0) is 22.4. The molecule has 0 spiro atoms. The second kappa shape index (κ2) is 7.70. The van der Waals surface area contributed by atoms with Crippen LogP contribution in [0.2, 0.25) is 0 Å². The van der Waals surface area contributed by atoms with Gasteiger partial charge in [-0.15, -0.1) is 0 Å². The Morgan fingerprint density at radius 2 is 1.97 bits per heavy atom. The molecule has 4 amide bonds. The number of nitrogens with zero attached hydrogens (tertiary/aromatic N) is 2. The van der Waals surface area contributed by atoms with Gasteiger partial charge in [0.1, 0.15) is 25.3 Å². The van der Waals surface area contributed by atoms with Gasteiger partial charge in [0.15, 0.2) is 21.3 Å². The number of ether oxygens (including phenoxy) is 2. The van der Waals surface area contributed by atoms with Crippen molar-refractivity contribution in [2.24, 2.45) is 0 Å². The molecule has 2 fully saturated rings. The van der Waals surface area contributed by atoms with E-state index in [-0.39, 0.29) is 11.5 Å². The van der Waals surface area contributed by atoms with Gasteiger partial charge in [0.2, 0.25) is 5.91 Å². The summed E-state index contributed by atoms with van der Waals surface area (Å²) in [5.74, 6) is -0.0280. The van der Waals surface area contributed by atoms with Gasteiger partial charge in [0.05, 0.1) is 11.5 Å². The molecule has 1 N–H and O–H groups in total. The average Bonchev–Trinajstić information content (AvgIpc) is 3.20. The van der Waals surface area contributed by atoms with Crippen molar-refractivity contribution in [3.8, 4) is 11.5 Å². The van der Waals surface area contributed by atoms with Gasteiger partial charge < -0.3 is 19.7 Å². The summed E-state index contributed by atoms with van der Waals surface area (Å²) in [4.78, 5) is 41.0. The lowest BCUT2D eigenvalue weighted by Crippen LogP contribution is -2.48. The molecule has 1 aromatic carbocycles. The molecule has 2 saturated heterocycles. The minimum atomic E-state index is -3.17. The summed E-state index contributed by atoms with van der Waals surface area (Å²) < 4.78 is 34.6. The molecule has 0 saturated carbocycles. The van der Waals surface area contributed by atoms with Crippen LogP contribution < -0.4 is 14.8 Å². The Morgan fingerprint density at radius 3 is 2.61 bits per heavy atom. The van der Waals surface area contributed by atoms with Gasteiger partial charge >= 0.3 is 6.03 Å². The monoisotopic (exact) mass is 451 g/mol. The number of carbonyl (C=O) groups is 3. The molecule has 31 heavy (non-hydrogen) atoms. The van der Waals surface area contributed by atoms with E-state index in [9.17, 15) is 22.8 Å². The van der Waals surface area contributed by atoms with Crippen LogP contribution in [0.3, 0.4) is 0 Å². The molecule has 3 aliphatic heterocycles. The Kier molecular flexibility index (Phi) is 5.32. The third kappa shape index (κ3) is 3.82. The SMILES string of the molecule is CCN(C(=O)CN1C(=O)N[C@@](C)(c2ccc3c(c2)OCCO3)C1=O)[C@H]1CCS(=O)(=O)C1. The Labute approximate surface area is 180 Å². The van der Waals surface area contributed by atoms with Crippen molar-refractivity contribution in [3.63, 3.8) is 0 Å². The van der Waals surface area contributed by atoms with Crippen molar-refractivity contribution in [3.05, 3.63) is 23.8 Å². The molecule has 0 aliphatic carbocycles. The lowest BCUT2D eigenvalue weighted by Gasteiger charge is -2.28. The zero-order valence-electron chi connectivity index (χ0n) is 17.4. The van der Waals surface area contributed by atoms with Gasteiger partial charge in [-0.3, -0.25) is 14.5 Å². The van der Waals surface area contributed by atoms with Crippen LogP contribution >= 0.6 is 0 Å². The number of hydrogen-bond donors (Lipinski definition) is 1. The smallest absolute Gasteiger partial charge is 0.325 e. The molecule has 0 bridgehead atoms. The molecule has 3 aliphatic rings. The van der Waals surface area contributed by atoms with E-state index in [0.29, 0.717) is 43.2 Å². The summed E-state index contributed by atoms with van der Waals surface area (Å²) in [6, 6.07) is 3.90. The number of nitrogens with one attached hydrogen (secondary N) is 1. The topological polar surface area (TPSA) is 122 Å². The fraction of sp³-hybridized carbons (Fsp3) is 0.550. The highest BCUT2D eigenvalue weighted by Crippen LogP contribution is 2.36. The van der Waals surface area contributed by atoms with E-state index >= 15 is 0 Å². The van der Waals surface area contributed by atoms with E-state index in [2.05, 4.69) is 5.32 Å². The van der Waals surface area contributed by atoms with E-state index in [1.807, 2.05) is 0 Å². The lowest BCUT2D eigenvalue weighted by atomic mass is 9.91. The van der Waals surface area contributed by atoms with E-state index in [4.69, 9.17) is 9.47 Å². The first-order valence-electron chi connectivity index (χ1n) is 10.2. The van der Waals surface area contributed by atoms with Crippen LogP contribution in [0.25, 0.3) is 0 Å². The number of amides is 4. The van der Waals surface area contributed by atoms with E-state index in [0.717, 1.165) is 4.90 Å². The Bertz CT molecular complexity index is 1040. The molecule has 4 rings (SSSR count). The molecule has 0 radical (unpaired) electrons. The fourth-order valence-electron chi connectivity index (χ4n) is 4.28. The molecule has 168 valence electrons. The number of benzene rings is 1. The van der Waals surface area contributed by atoms with Crippen LogP contribution in [0, 0.1) is 0 Å². The molecule has 3 heterocycles. The molecule has 11 heteroatoms. The van der Waals surface area contributed by atoms with Gasteiger partial charge in [-0.25, -0.2) is 13.2 Å². The molecule has 10 nitrogen and oxygen atoms in total. The summed E-state index contributed by atoms with van der Waals surface area (Å²) in [5.41, 5.74) is -0.847. The lowest BCUT2D eigenvalue weighted by molar-refractivity contribution is -0.139. The van der Waals surface area contributed by atoms with Gasteiger partial charge in [-0.05, 0) is 38.0 Å². The van der Waals surface area contributed by atoms with Crippen LogP contribution in [0.5, 0.6) is 11.5 Å². The quantitative estimate of drug-likeness (QED) is 0.637. The third-order valence-electron chi connectivity index (χ3n) is 6.00. The van der Waals surface area contributed by atoms with E-state index in [1.165, 1.54) is 4.90 Å². The van der Waals surface area contributed by atoms with Crippen LogP contribution in [0.15, 0.2) is 18.2 Å². The van der Waals surface area contributed by atoms with Gasteiger partial charge in [0, 0.05) is 12.6 Å². The standard InChI is InChI=1S/C20H25N3O7S/c1-3-22(14-6-9-31(27,28)12-14)17(24)11-23-18(25)20(2,21-19(23)26)13-4-5-15-16(10-13)30-8-7-29-15/h4-5,10,14H,3,6-9,11-12H2,1-2H3,(H,21,26)/t14-,20-/m0/s1. The molecule has 2 atom stereocenters. The summed E-state index contributed by atoms with van der Waals surface area (Å²) >= 11 is 0. The number of rotatable bonds is 5. The second-order valence-electron chi connectivity index (χ2n) is 8.04. The highest BCUT2D eigenvalue weighted by Gasteiger charge is 2.50. The zero-order valence-corrected chi connectivity index (χ0v) is 18.2. The van der Waals surface area contributed by atoms with Crippen LogP contribution in [-0.2, 0) is 25.0 Å². The molecular formula is C20H25N3O7S. The molecule has 0 aromatic heterocycles. The normalized spacial score (nSPS) is 26.6. The number of likely N-dealkylation sites (N-methyl/N-ethyl adjacent to an activating group) is 1. The first-order valence-corrected chi connectivity index (χ1v) is 12.0. The maximum absolute atomic E-state index is 13.2. The summed E-state index contributed by atoms with van der Waals surface area (Å²) in [7, 11) is -3.17. The number of sulfone groups is 1. The number of urea groups is 1. The molecule has 1 aromatic rings. The van der Waals surface area contributed by atoms with Crippen molar-refractivity contribution >= 4 is 27.7 Å². The summed E-state index contributed by atoms with van der Waals surface area (Å²) in [5, 5.41) is 2.67. The third-order valence-corrected chi connectivity index (χ3v) is 7.75. The number of carbonyl (C=O) groups excluding carboxylic acids is 3. The van der Waals surface area contributed by atoms with E-state index < -0.39 is 45.8 Å². The van der Waals surface area contributed by atoms with Gasteiger partial charge in [-0.1, -0.05) is 6.07 Å². The fourth-order valence-corrected chi connectivity index (χ4v) is 6.01. The van der Waals surface area contributed by atoms with Crippen molar-refractivity contribution in [2.45, 2.75) is 31.8 Å². The van der Waals surface area contributed by atoms with Gasteiger partial charge in [0.25, 0.3) is 5.91 Å². The van der Waals surface area contributed by atoms with E-state index in [1.54, 1.807) is 32.0 Å². The first kappa shape index (κ1) is 21.4. The predicted molar refractivity (Wildman–Crippen MR) is 109 cm³/mol. The van der Waals surface area contributed by atoms with Crippen molar-refractivity contribution in [1.82, 2.24) is 15.1 Å². The first-order chi connectivity index (χ1) is 14.6. The van der Waals surface area contributed by atoms with Crippen LogP contribution in [-0.4, -0.2) is 79.9 Å². The van der Waals surface area contributed by atoms with Gasteiger partial charge in [-0.2, -0.15) is 0 Å². The van der Waals surface area contributed by atoms with Crippen LogP contribution in [0.1, 0.15) is 25.8 Å². The number of imide groups is 1. The average molecular weight is 452 g/mol. The van der Waals surface area contributed by atoms with Crippen molar-refractivity contribution in [1.29, 1.82) is 0 Å². The maximum atomic E-state index is 13.2. The van der Waals surface area contributed by atoms with Crippen molar-refractivity contribution < 1.29 is 32.3 Å².